The van der Waals surface area contributed by atoms with Crippen molar-refractivity contribution in [3.8, 4) is 6.07 Å². The van der Waals surface area contributed by atoms with E-state index in [0.717, 1.165) is 24.2 Å². The second-order valence-corrected chi connectivity index (χ2v) is 4.49. The number of nitriles is 1. The number of nitrogens with zero attached hydrogens (tertiary/aromatic N) is 2. The first-order valence-corrected chi connectivity index (χ1v) is 6.03. The fraction of sp³-hybridized carbons (Fsp3) is 0.500. The molecule has 0 bridgehead atoms. The van der Waals surface area contributed by atoms with Gasteiger partial charge in [0.05, 0.1) is 12.7 Å². The third-order valence-electron chi connectivity index (χ3n) is 2.66. The summed E-state index contributed by atoms with van der Waals surface area (Å²) in [6.07, 6.45) is 0. The summed E-state index contributed by atoms with van der Waals surface area (Å²) in [6.45, 7) is 2.32. The van der Waals surface area contributed by atoms with Gasteiger partial charge in [-0.25, -0.2) is 0 Å². The molecule has 0 aliphatic heterocycles. The SMILES string of the molecule is COCc1ccc(C(C#N)NCCN(C)C)cc1. The number of rotatable bonds is 7. The van der Waals surface area contributed by atoms with Gasteiger partial charge in [-0.05, 0) is 25.2 Å². The molecule has 98 valence electrons. The van der Waals surface area contributed by atoms with Crippen LogP contribution in [0.15, 0.2) is 24.3 Å². The zero-order valence-corrected chi connectivity index (χ0v) is 11.3. The zero-order chi connectivity index (χ0) is 13.4. The maximum absolute atomic E-state index is 9.17. The van der Waals surface area contributed by atoms with E-state index in [9.17, 15) is 0 Å². The molecule has 1 unspecified atom stereocenters. The summed E-state index contributed by atoms with van der Waals surface area (Å²) in [4.78, 5) is 2.09. The van der Waals surface area contributed by atoms with Gasteiger partial charge in [-0.3, -0.25) is 5.32 Å². The summed E-state index contributed by atoms with van der Waals surface area (Å²) < 4.78 is 5.06. The van der Waals surface area contributed by atoms with E-state index in [2.05, 4.69) is 16.3 Å². The first-order valence-electron chi connectivity index (χ1n) is 6.03. The molecule has 0 heterocycles. The summed E-state index contributed by atoms with van der Waals surface area (Å²) >= 11 is 0. The fourth-order valence-electron chi connectivity index (χ4n) is 1.64. The standard InChI is InChI=1S/C14H21N3O/c1-17(2)9-8-16-14(10-15)13-6-4-12(5-7-13)11-18-3/h4-7,14,16H,8-9,11H2,1-3H3. The van der Waals surface area contributed by atoms with Crippen LogP contribution >= 0.6 is 0 Å². The monoisotopic (exact) mass is 247 g/mol. The van der Waals surface area contributed by atoms with Gasteiger partial charge in [0.1, 0.15) is 6.04 Å². The van der Waals surface area contributed by atoms with Crippen LogP contribution in [0.3, 0.4) is 0 Å². The van der Waals surface area contributed by atoms with E-state index in [1.807, 2.05) is 38.4 Å². The Kier molecular flexibility index (Phi) is 6.37. The molecular weight excluding hydrogens is 226 g/mol. The lowest BCUT2D eigenvalue weighted by molar-refractivity contribution is 0.185. The third-order valence-corrected chi connectivity index (χ3v) is 2.66. The number of likely N-dealkylation sites (N-methyl/N-ethyl adjacent to an activating group) is 1. The molecule has 0 aromatic heterocycles. The van der Waals surface area contributed by atoms with Crippen molar-refractivity contribution < 1.29 is 4.74 Å². The molecule has 1 N–H and O–H groups in total. The average molecular weight is 247 g/mol. The first kappa shape index (κ1) is 14.7. The molecule has 1 rings (SSSR count). The number of nitrogens with one attached hydrogen (secondary N) is 1. The minimum atomic E-state index is -0.249. The number of ether oxygens (including phenoxy) is 1. The van der Waals surface area contributed by atoms with E-state index >= 15 is 0 Å². The number of benzene rings is 1. The summed E-state index contributed by atoms with van der Waals surface area (Å²) in [7, 11) is 5.71. The summed E-state index contributed by atoms with van der Waals surface area (Å²) in [5, 5.41) is 12.4. The van der Waals surface area contributed by atoms with E-state index in [0.29, 0.717) is 6.61 Å². The predicted molar refractivity (Wildman–Crippen MR) is 72.1 cm³/mol. The Labute approximate surface area is 109 Å². The Hall–Kier alpha value is -1.41. The Morgan fingerprint density at radius 1 is 1.33 bits per heavy atom. The average Bonchev–Trinajstić information content (AvgIpc) is 2.36. The minimum absolute atomic E-state index is 0.249. The van der Waals surface area contributed by atoms with Crippen molar-refractivity contribution in [3.05, 3.63) is 35.4 Å². The van der Waals surface area contributed by atoms with E-state index in [4.69, 9.17) is 10.00 Å². The van der Waals surface area contributed by atoms with Crippen molar-refractivity contribution >= 4 is 0 Å². The minimum Gasteiger partial charge on any atom is -0.380 e. The van der Waals surface area contributed by atoms with Crippen molar-refractivity contribution in [2.45, 2.75) is 12.6 Å². The van der Waals surface area contributed by atoms with Crippen molar-refractivity contribution in [1.29, 1.82) is 5.26 Å². The van der Waals surface area contributed by atoms with Crippen LogP contribution in [0.4, 0.5) is 0 Å². The van der Waals surface area contributed by atoms with Crippen LogP contribution in [0.2, 0.25) is 0 Å². The molecule has 0 radical (unpaired) electrons. The van der Waals surface area contributed by atoms with Crippen LogP contribution in [0, 0.1) is 11.3 Å². The molecular formula is C14H21N3O. The molecule has 4 nitrogen and oxygen atoms in total. The van der Waals surface area contributed by atoms with Gasteiger partial charge < -0.3 is 9.64 Å². The fourth-order valence-corrected chi connectivity index (χ4v) is 1.64. The van der Waals surface area contributed by atoms with Gasteiger partial charge in [0.25, 0.3) is 0 Å². The molecule has 0 aliphatic carbocycles. The molecule has 4 heteroatoms. The molecule has 18 heavy (non-hydrogen) atoms. The highest BCUT2D eigenvalue weighted by Crippen LogP contribution is 2.13. The molecule has 1 atom stereocenters. The summed E-state index contributed by atoms with van der Waals surface area (Å²) in [5.74, 6) is 0. The lowest BCUT2D eigenvalue weighted by Gasteiger charge is -2.15. The molecule has 0 saturated carbocycles. The van der Waals surface area contributed by atoms with Gasteiger partial charge in [0.15, 0.2) is 0 Å². The van der Waals surface area contributed by atoms with Gasteiger partial charge >= 0.3 is 0 Å². The molecule has 0 amide bonds. The van der Waals surface area contributed by atoms with Gasteiger partial charge in [-0.2, -0.15) is 5.26 Å². The van der Waals surface area contributed by atoms with Gasteiger partial charge in [-0.15, -0.1) is 0 Å². The first-order chi connectivity index (χ1) is 8.67. The molecule has 1 aromatic rings. The smallest absolute Gasteiger partial charge is 0.121 e. The van der Waals surface area contributed by atoms with Crippen molar-refractivity contribution in [2.75, 3.05) is 34.3 Å². The molecule has 0 spiro atoms. The van der Waals surface area contributed by atoms with Crippen LogP contribution in [-0.2, 0) is 11.3 Å². The predicted octanol–water partition coefficient (Wildman–Crippen LogP) is 1.55. The third kappa shape index (κ3) is 4.84. The summed E-state index contributed by atoms with van der Waals surface area (Å²) in [5.41, 5.74) is 2.11. The molecule has 0 saturated heterocycles. The van der Waals surface area contributed by atoms with Gasteiger partial charge in [0.2, 0.25) is 0 Å². The quantitative estimate of drug-likeness (QED) is 0.794. The Morgan fingerprint density at radius 3 is 2.50 bits per heavy atom. The Bertz CT molecular complexity index is 381. The van der Waals surface area contributed by atoms with Crippen molar-refractivity contribution in [3.63, 3.8) is 0 Å². The highest BCUT2D eigenvalue weighted by molar-refractivity contribution is 5.28. The van der Waals surface area contributed by atoms with Crippen molar-refractivity contribution in [2.24, 2.45) is 0 Å². The Morgan fingerprint density at radius 2 is 2.00 bits per heavy atom. The Balaban J connectivity index is 2.56. The van der Waals surface area contributed by atoms with Crippen LogP contribution in [0.1, 0.15) is 17.2 Å². The summed E-state index contributed by atoms with van der Waals surface area (Å²) in [6, 6.07) is 9.98. The van der Waals surface area contributed by atoms with Crippen LogP contribution in [0.25, 0.3) is 0 Å². The maximum Gasteiger partial charge on any atom is 0.121 e. The molecule has 1 aromatic carbocycles. The largest absolute Gasteiger partial charge is 0.380 e. The topological polar surface area (TPSA) is 48.3 Å². The lowest BCUT2D eigenvalue weighted by Crippen LogP contribution is -2.29. The van der Waals surface area contributed by atoms with Crippen molar-refractivity contribution in [1.82, 2.24) is 10.2 Å². The van der Waals surface area contributed by atoms with Crippen LogP contribution in [0.5, 0.6) is 0 Å². The van der Waals surface area contributed by atoms with E-state index in [1.165, 1.54) is 0 Å². The number of methoxy groups -OCH3 is 1. The van der Waals surface area contributed by atoms with E-state index in [-0.39, 0.29) is 6.04 Å². The number of hydrogen-bond donors (Lipinski definition) is 1. The van der Waals surface area contributed by atoms with Gasteiger partial charge in [0, 0.05) is 20.2 Å². The maximum atomic E-state index is 9.17. The highest BCUT2D eigenvalue weighted by Gasteiger charge is 2.09. The van der Waals surface area contributed by atoms with E-state index < -0.39 is 0 Å². The van der Waals surface area contributed by atoms with Crippen LogP contribution in [-0.4, -0.2) is 39.2 Å². The number of hydrogen-bond acceptors (Lipinski definition) is 4. The molecule has 0 fully saturated rings. The second-order valence-electron chi connectivity index (χ2n) is 4.49. The van der Waals surface area contributed by atoms with Gasteiger partial charge in [-0.1, -0.05) is 24.3 Å². The van der Waals surface area contributed by atoms with Crippen LogP contribution < -0.4 is 5.32 Å². The normalized spacial score (nSPS) is 12.4. The van der Waals surface area contributed by atoms with E-state index in [1.54, 1.807) is 7.11 Å². The second kappa shape index (κ2) is 7.83. The zero-order valence-electron chi connectivity index (χ0n) is 11.3. The molecule has 0 aliphatic rings. The lowest BCUT2D eigenvalue weighted by atomic mass is 10.1. The highest BCUT2D eigenvalue weighted by atomic mass is 16.5.